The first-order valence-electron chi connectivity index (χ1n) is 7.06. The first kappa shape index (κ1) is 13.5. The molecule has 5 heteroatoms. The molecule has 1 aliphatic carbocycles. The van der Waals surface area contributed by atoms with E-state index in [1.807, 2.05) is 24.3 Å². The number of nitrogens with two attached hydrogens (primary N) is 1. The number of primary amides is 1. The number of rotatable bonds is 5. The van der Waals surface area contributed by atoms with Gasteiger partial charge in [-0.05, 0) is 31.0 Å². The van der Waals surface area contributed by atoms with Crippen molar-refractivity contribution in [2.75, 3.05) is 11.9 Å². The van der Waals surface area contributed by atoms with Crippen molar-refractivity contribution in [3.63, 3.8) is 0 Å². The maximum Gasteiger partial charge on any atom is 0.255 e. The Morgan fingerprint density at radius 3 is 3.19 bits per heavy atom. The van der Waals surface area contributed by atoms with Crippen LogP contribution in [0.5, 0.6) is 5.75 Å². The molecule has 3 N–H and O–H groups in total. The SMILES string of the molecule is NC(=O)COc1cccc(NC2CCCc3occc32)c1. The fraction of sp³-hybridized carbons (Fsp3) is 0.312. The highest BCUT2D eigenvalue weighted by Gasteiger charge is 2.22. The van der Waals surface area contributed by atoms with E-state index < -0.39 is 5.91 Å². The van der Waals surface area contributed by atoms with Gasteiger partial charge in [-0.1, -0.05) is 6.07 Å². The molecule has 5 nitrogen and oxygen atoms in total. The number of carbonyl (C=O) groups excluding carboxylic acids is 1. The number of hydrogen-bond acceptors (Lipinski definition) is 4. The predicted molar refractivity (Wildman–Crippen MR) is 79.1 cm³/mol. The quantitative estimate of drug-likeness (QED) is 0.885. The van der Waals surface area contributed by atoms with Crippen LogP contribution in [0.1, 0.15) is 30.2 Å². The number of fused-ring (bicyclic) bond motifs is 1. The van der Waals surface area contributed by atoms with Gasteiger partial charge in [0.2, 0.25) is 0 Å². The Hall–Kier alpha value is -2.43. The molecule has 1 unspecified atom stereocenters. The molecule has 21 heavy (non-hydrogen) atoms. The lowest BCUT2D eigenvalue weighted by Gasteiger charge is -2.24. The van der Waals surface area contributed by atoms with Crippen LogP contribution in [0.2, 0.25) is 0 Å². The van der Waals surface area contributed by atoms with E-state index in [4.69, 9.17) is 14.9 Å². The van der Waals surface area contributed by atoms with E-state index in [0.29, 0.717) is 5.75 Å². The van der Waals surface area contributed by atoms with Crippen molar-refractivity contribution in [1.82, 2.24) is 0 Å². The Balaban J connectivity index is 1.71. The average molecular weight is 286 g/mol. The number of furan rings is 1. The molecular formula is C16H18N2O3. The van der Waals surface area contributed by atoms with Crippen LogP contribution >= 0.6 is 0 Å². The third-order valence-electron chi connectivity index (χ3n) is 3.61. The fourth-order valence-corrected chi connectivity index (χ4v) is 2.67. The topological polar surface area (TPSA) is 77.5 Å². The summed E-state index contributed by atoms with van der Waals surface area (Å²) >= 11 is 0. The summed E-state index contributed by atoms with van der Waals surface area (Å²) in [6, 6.07) is 9.82. The third kappa shape index (κ3) is 3.18. The van der Waals surface area contributed by atoms with Gasteiger partial charge in [0.1, 0.15) is 11.5 Å². The zero-order valence-electron chi connectivity index (χ0n) is 11.7. The van der Waals surface area contributed by atoms with Crippen molar-refractivity contribution in [2.24, 2.45) is 5.73 Å². The van der Waals surface area contributed by atoms with Crippen molar-refractivity contribution < 1.29 is 13.9 Å². The summed E-state index contributed by atoms with van der Waals surface area (Å²) in [6.45, 7) is -0.112. The number of hydrogen-bond donors (Lipinski definition) is 2. The zero-order chi connectivity index (χ0) is 14.7. The van der Waals surface area contributed by atoms with Crippen LogP contribution in [0.3, 0.4) is 0 Å². The van der Waals surface area contributed by atoms with Crippen molar-refractivity contribution >= 4 is 11.6 Å². The molecular weight excluding hydrogens is 268 g/mol. The van der Waals surface area contributed by atoms with E-state index in [9.17, 15) is 4.79 Å². The number of ether oxygens (including phenoxy) is 1. The molecule has 1 aromatic heterocycles. The molecule has 1 atom stereocenters. The highest BCUT2D eigenvalue weighted by Crippen LogP contribution is 2.33. The van der Waals surface area contributed by atoms with Gasteiger partial charge >= 0.3 is 0 Å². The minimum absolute atomic E-state index is 0.112. The monoisotopic (exact) mass is 286 g/mol. The van der Waals surface area contributed by atoms with Gasteiger partial charge in [-0.25, -0.2) is 0 Å². The summed E-state index contributed by atoms with van der Waals surface area (Å²) in [7, 11) is 0. The lowest BCUT2D eigenvalue weighted by Crippen LogP contribution is -2.20. The molecule has 3 rings (SSSR count). The van der Waals surface area contributed by atoms with Gasteiger partial charge in [-0.15, -0.1) is 0 Å². The standard InChI is InChI=1S/C16H18N2O3/c17-16(19)10-21-12-4-1-3-11(9-12)18-14-5-2-6-15-13(14)7-8-20-15/h1,3-4,7-9,14,18H,2,5-6,10H2,(H2,17,19). The van der Waals surface area contributed by atoms with Crippen LogP contribution in [0.25, 0.3) is 0 Å². The number of anilines is 1. The molecule has 1 aliphatic rings. The lowest BCUT2D eigenvalue weighted by atomic mass is 9.93. The lowest BCUT2D eigenvalue weighted by molar-refractivity contribution is -0.119. The Bertz CT molecular complexity index is 636. The number of carbonyl (C=O) groups is 1. The van der Waals surface area contributed by atoms with Gasteiger partial charge in [0.15, 0.2) is 6.61 Å². The fourth-order valence-electron chi connectivity index (χ4n) is 2.67. The number of amides is 1. The highest BCUT2D eigenvalue weighted by atomic mass is 16.5. The van der Waals surface area contributed by atoms with Gasteiger partial charge in [-0.3, -0.25) is 4.79 Å². The molecule has 1 amide bonds. The van der Waals surface area contributed by atoms with Crippen molar-refractivity contribution in [3.8, 4) is 5.75 Å². The highest BCUT2D eigenvalue weighted by molar-refractivity contribution is 5.75. The maximum atomic E-state index is 10.8. The predicted octanol–water partition coefficient (Wildman–Crippen LogP) is 2.63. The molecule has 0 radical (unpaired) electrons. The van der Waals surface area contributed by atoms with E-state index in [2.05, 4.69) is 5.32 Å². The molecule has 0 spiro atoms. The Labute approximate surface area is 123 Å². The van der Waals surface area contributed by atoms with Gasteiger partial charge in [0.05, 0.1) is 12.3 Å². The van der Waals surface area contributed by atoms with Crippen LogP contribution in [-0.4, -0.2) is 12.5 Å². The second-order valence-corrected chi connectivity index (χ2v) is 5.17. The number of aryl methyl sites for hydroxylation is 1. The van der Waals surface area contributed by atoms with E-state index in [1.54, 1.807) is 12.3 Å². The molecule has 0 bridgehead atoms. The van der Waals surface area contributed by atoms with Gasteiger partial charge in [0, 0.05) is 23.7 Å². The Morgan fingerprint density at radius 2 is 2.33 bits per heavy atom. The molecule has 0 fully saturated rings. The van der Waals surface area contributed by atoms with Crippen LogP contribution < -0.4 is 15.8 Å². The zero-order valence-corrected chi connectivity index (χ0v) is 11.7. The molecule has 2 aromatic rings. The van der Waals surface area contributed by atoms with E-state index in [1.165, 1.54) is 5.56 Å². The van der Waals surface area contributed by atoms with Gasteiger partial charge in [0.25, 0.3) is 5.91 Å². The first-order valence-corrected chi connectivity index (χ1v) is 7.06. The first-order chi connectivity index (χ1) is 10.2. The summed E-state index contributed by atoms with van der Waals surface area (Å²) in [5.41, 5.74) is 7.26. The van der Waals surface area contributed by atoms with Crippen LogP contribution in [0, 0.1) is 0 Å². The molecule has 0 saturated carbocycles. The van der Waals surface area contributed by atoms with Gasteiger partial charge in [-0.2, -0.15) is 0 Å². The summed E-state index contributed by atoms with van der Waals surface area (Å²) in [4.78, 5) is 10.8. The minimum atomic E-state index is -0.483. The van der Waals surface area contributed by atoms with Crippen molar-refractivity contribution in [1.29, 1.82) is 0 Å². The van der Waals surface area contributed by atoms with Crippen LogP contribution in [0.15, 0.2) is 41.0 Å². The van der Waals surface area contributed by atoms with E-state index in [-0.39, 0.29) is 12.6 Å². The normalized spacial score (nSPS) is 17.0. The van der Waals surface area contributed by atoms with E-state index in [0.717, 1.165) is 30.7 Å². The van der Waals surface area contributed by atoms with Crippen LogP contribution in [-0.2, 0) is 11.2 Å². The van der Waals surface area contributed by atoms with Crippen molar-refractivity contribution in [2.45, 2.75) is 25.3 Å². The third-order valence-corrected chi connectivity index (χ3v) is 3.61. The Morgan fingerprint density at radius 1 is 1.43 bits per heavy atom. The van der Waals surface area contributed by atoms with Crippen LogP contribution in [0.4, 0.5) is 5.69 Å². The van der Waals surface area contributed by atoms with Crippen molar-refractivity contribution in [3.05, 3.63) is 47.9 Å². The largest absolute Gasteiger partial charge is 0.484 e. The second-order valence-electron chi connectivity index (χ2n) is 5.17. The summed E-state index contributed by atoms with van der Waals surface area (Å²) in [5.74, 6) is 1.21. The van der Waals surface area contributed by atoms with Gasteiger partial charge < -0.3 is 20.2 Å². The molecule has 1 heterocycles. The number of nitrogens with one attached hydrogen (secondary N) is 1. The summed E-state index contributed by atoms with van der Waals surface area (Å²) in [5, 5.41) is 3.50. The number of benzene rings is 1. The summed E-state index contributed by atoms with van der Waals surface area (Å²) in [6.07, 6.45) is 4.92. The Kier molecular flexibility index (Phi) is 3.81. The molecule has 0 aliphatic heterocycles. The van der Waals surface area contributed by atoms with E-state index >= 15 is 0 Å². The smallest absolute Gasteiger partial charge is 0.255 e. The molecule has 0 saturated heterocycles. The second kappa shape index (κ2) is 5.91. The summed E-state index contributed by atoms with van der Waals surface area (Å²) < 4.78 is 10.8. The average Bonchev–Trinajstić information content (AvgIpc) is 2.95. The maximum absolute atomic E-state index is 10.8. The molecule has 110 valence electrons. The minimum Gasteiger partial charge on any atom is -0.484 e. The molecule has 1 aromatic carbocycles.